The molecule has 0 heterocycles. The number of ether oxygens (including phenoxy) is 2. The number of amides is 1. The maximum absolute atomic E-state index is 11.9. The van der Waals surface area contributed by atoms with Gasteiger partial charge in [-0.1, -0.05) is 23.2 Å². The number of carbonyl (C=O) groups excluding carboxylic acids is 2. The number of carbonyl (C=O) groups is 2. The molecule has 6 nitrogen and oxygen atoms in total. The van der Waals surface area contributed by atoms with E-state index in [0.717, 1.165) is 0 Å². The number of phenolic OH excluding ortho intramolecular Hbond substituents is 1. The normalized spacial score (nSPS) is 10.1. The summed E-state index contributed by atoms with van der Waals surface area (Å²) in [6, 6.07) is 8.62. The van der Waals surface area contributed by atoms with Crippen molar-refractivity contribution < 1.29 is 24.2 Å². The van der Waals surface area contributed by atoms with Crippen molar-refractivity contribution >= 4 is 40.8 Å². The molecule has 0 saturated heterocycles. The standard InChI is InChI=1S/C16H13Cl2NO5/c1-23-12-2-3-14(20)13(7-12)16(22)24-8-15(21)19-11-5-9(17)4-10(18)6-11/h2-7,20H,8H2,1H3,(H,19,21). The van der Waals surface area contributed by atoms with E-state index in [1.165, 1.54) is 43.5 Å². The van der Waals surface area contributed by atoms with Crippen molar-refractivity contribution in [1.29, 1.82) is 0 Å². The van der Waals surface area contributed by atoms with E-state index in [9.17, 15) is 14.7 Å². The van der Waals surface area contributed by atoms with Crippen molar-refractivity contribution in [2.45, 2.75) is 0 Å². The van der Waals surface area contributed by atoms with Crippen LogP contribution in [0.5, 0.6) is 11.5 Å². The maximum Gasteiger partial charge on any atom is 0.342 e. The van der Waals surface area contributed by atoms with Crippen molar-refractivity contribution in [2.24, 2.45) is 0 Å². The van der Waals surface area contributed by atoms with Gasteiger partial charge < -0.3 is 19.9 Å². The van der Waals surface area contributed by atoms with E-state index in [1.807, 2.05) is 0 Å². The van der Waals surface area contributed by atoms with Crippen LogP contribution in [0.1, 0.15) is 10.4 Å². The number of hydrogen-bond acceptors (Lipinski definition) is 5. The van der Waals surface area contributed by atoms with Gasteiger partial charge in [-0.3, -0.25) is 4.79 Å². The van der Waals surface area contributed by atoms with Crippen molar-refractivity contribution in [1.82, 2.24) is 0 Å². The fourth-order valence-corrected chi connectivity index (χ4v) is 2.36. The van der Waals surface area contributed by atoms with Crippen LogP contribution in [0, 0.1) is 0 Å². The number of esters is 1. The molecule has 2 aromatic rings. The lowest BCUT2D eigenvalue weighted by molar-refractivity contribution is -0.119. The minimum atomic E-state index is -0.856. The summed E-state index contributed by atoms with van der Waals surface area (Å²) in [7, 11) is 1.42. The van der Waals surface area contributed by atoms with E-state index < -0.39 is 18.5 Å². The SMILES string of the molecule is COc1ccc(O)c(C(=O)OCC(=O)Nc2cc(Cl)cc(Cl)c2)c1. The Kier molecular flexibility index (Phi) is 5.89. The van der Waals surface area contributed by atoms with Crippen molar-refractivity contribution in [3.63, 3.8) is 0 Å². The predicted molar refractivity (Wildman–Crippen MR) is 90.0 cm³/mol. The molecule has 24 heavy (non-hydrogen) atoms. The number of aromatic hydroxyl groups is 1. The van der Waals surface area contributed by atoms with Crippen LogP contribution < -0.4 is 10.1 Å². The van der Waals surface area contributed by atoms with Gasteiger partial charge in [0.15, 0.2) is 6.61 Å². The van der Waals surface area contributed by atoms with Crippen LogP contribution in [0.2, 0.25) is 10.0 Å². The van der Waals surface area contributed by atoms with E-state index in [0.29, 0.717) is 21.5 Å². The molecule has 0 fully saturated rings. The molecule has 0 spiro atoms. The molecule has 2 rings (SSSR count). The summed E-state index contributed by atoms with van der Waals surface area (Å²) in [6.07, 6.45) is 0. The van der Waals surface area contributed by atoms with Crippen molar-refractivity contribution in [3.8, 4) is 11.5 Å². The van der Waals surface area contributed by atoms with Crippen molar-refractivity contribution in [2.75, 3.05) is 19.0 Å². The third kappa shape index (κ3) is 4.78. The molecule has 0 aromatic heterocycles. The zero-order chi connectivity index (χ0) is 17.7. The molecule has 126 valence electrons. The average molecular weight is 370 g/mol. The number of benzene rings is 2. The van der Waals surface area contributed by atoms with Crippen LogP contribution in [0.3, 0.4) is 0 Å². The number of nitrogens with one attached hydrogen (secondary N) is 1. The highest BCUT2D eigenvalue weighted by molar-refractivity contribution is 6.35. The molecular formula is C16H13Cl2NO5. The molecule has 0 unspecified atom stereocenters. The molecule has 0 bridgehead atoms. The number of halogens is 2. The summed E-state index contributed by atoms with van der Waals surface area (Å²) in [6.45, 7) is -0.542. The van der Waals surface area contributed by atoms with E-state index in [4.69, 9.17) is 32.7 Å². The van der Waals surface area contributed by atoms with E-state index in [1.54, 1.807) is 0 Å². The summed E-state index contributed by atoms with van der Waals surface area (Å²) in [5.74, 6) is -1.34. The Hall–Kier alpha value is -2.44. The number of hydrogen-bond donors (Lipinski definition) is 2. The lowest BCUT2D eigenvalue weighted by Crippen LogP contribution is -2.21. The van der Waals surface area contributed by atoms with E-state index in [2.05, 4.69) is 5.32 Å². The highest BCUT2D eigenvalue weighted by atomic mass is 35.5. The zero-order valence-electron chi connectivity index (χ0n) is 12.5. The Labute approximate surface area is 147 Å². The second-order valence-corrected chi connectivity index (χ2v) is 5.54. The molecule has 0 atom stereocenters. The fourth-order valence-electron chi connectivity index (χ4n) is 1.84. The molecule has 8 heteroatoms. The quantitative estimate of drug-likeness (QED) is 0.787. The Morgan fingerprint density at radius 1 is 1.12 bits per heavy atom. The highest BCUT2D eigenvalue weighted by Gasteiger charge is 2.16. The fraction of sp³-hybridized carbons (Fsp3) is 0.125. The topological polar surface area (TPSA) is 84.9 Å². The van der Waals surface area contributed by atoms with Crippen LogP contribution in [0.15, 0.2) is 36.4 Å². The first-order valence-corrected chi connectivity index (χ1v) is 7.44. The van der Waals surface area contributed by atoms with E-state index >= 15 is 0 Å². The zero-order valence-corrected chi connectivity index (χ0v) is 14.0. The Morgan fingerprint density at radius 2 is 1.79 bits per heavy atom. The third-order valence-corrected chi connectivity index (χ3v) is 3.34. The van der Waals surface area contributed by atoms with Gasteiger partial charge in [0, 0.05) is 15.7 Å². The number of phenols is 1. The number of anilines is 1. The molecular weight excluding hydrogens is 357 g/mol. The predicted octanol–water partition coefficient (Wildman–Crippen LogP) is 3.50. The molecule has 0 aliphatic rings. The lowest BCUT2D eigenvalue weighted by Gasteiger charge is -2.09. The molecule has 2 aromatic carbocycles. The van der Waals surface area contributed by atoms with Gasteiger partial charge in [-0.15, -0.1) is 0 Å². The molecule has 0 saturated carbocycles. The molecule has 0 aliphatic carbocycles. The van der Waals surface area contributed by atoms with Crippen LogP contribution in [0.4, 0.5) is 5.69 Å². The van der Waals surface area contributed by atoms with Gasteiger partial charge in [0.2, 0.25) is 0 Å². The average Bonchev–Trinajstić information content (AvgIpc) is 2.52. The second kappa shape index (κ2) is 7.90. The molecule has 0 radical (unpaired) electrons. The summed E-state index contributed by atoms with van der Waals surface area (Å²) < 4.78 is 9.83. The van der Waals surface area contributed by atoms with Gasteiger partial charge in [0.05, 0.1) is 7.11 Å². The van der Waals surface area contributed by atoms with Crippen LogP contribution >= 0.6 is 23.2 Å². The first-order valence-electron chi connectivity index (χ1n) is 6.69. The lowest BCUT2D eigenvalue weighted by atomic mass is 10.2. The van der Waals surface area contributed by atoms with Crippen LogP contribution in [-0.4, -0.2) is 30.7 Å². The molecule has 1 amide bonds. The van der Waals surface area contributed by atoms with Crippen LogP contribution in [-0.2, 0) is 9.53 Å². The number of methoxy groups -OCH3 is 1. The monoisotopic (exact) mass is 369 g/mol. The smallest absolute Gasteiger partial charge is 0.342 e. The first kappa shape index (κ1) is 17.9. The van der Waals surface area contributed by atoms with E-state index in [-0.39, 0.29) is 11.3 Å². The summed E-state index contributed by atoms with van der Waals surface area (Å²) in [4.78, 5) is 23.8. The van der Waals surface area contributed by atoms with Crippen LogP contribution in [0.25, 0.3) is 0 Å². The Balaban J connectivity index is 1.97. The van der Waals surface area contributed by atoms with Crippen molar-refractivity contribution in [3.05, 3.63) is 52.0 Å². The minimum Gasteiger partial charge on any atom is -0.507 e. The van der Waals surface area contributed by atoms with Gasteiger partial charge in [0.25, 0.3) is 5.91 Å². The maximum atomic E-state index is 11.9. The second-order valence-electron chi connectivity index (χ2n) is 4.67. The Bertz CT molecular complexity index is 759. The van der Waals surface area contributed by atoms with Gasteiger partial charge in [0.1, 0.15) is 17.1 Å². The van der Waals surface area contributed by atoms with Gasteiger partial charge in [-0.25, -0.2) is 4.79 Å². The summed E-state index contributed by atoms with van der Waals surface area (Å²) in [5.41, 5.74) is 0.269. The Morgan fingerprint density at radius 3 is 2.42 bits per heavy atom. The van der Waals surface area contributed by atoms with Gasteiger partial charge in [-0.2, -0.15) is 0 Å². The van der Waals surface area contributed by atoms with Gasteiger partial charge in [-0.05, 0) is 36.4 Å². The highest BCUT2D eigenvalue weighted by Crippen LogP contribution is 2.24. The third-order valence-electron chi connectivity index (χ3n) is 2.90. The molecule has 2 N–H and O–H groups in total. The largest absolute Gasteiger partial charge is 0.507 e. The summed E-state index contributed by atoms with van der Waals surface area (Å²) in [5, 5.41) is 12.9. The summed E-state index contributed by atoms with van der Waals surface area (Å²) >= 11 is 11.7. The minimum absolute atomic E-state index is 0.104. The first-order chi connectivity index (χ1) is 11.4. The number of rotatable bonds is 5. The van der Waals surface area contributed by atoms with Gasteiger partial charge >= 0.3 is 5.97 Å². The molecule has 0 aliphatic heterocycles.